The summed E-state index contributed by atoms with van der Waals surface area (Å²) in [5.41, 5.74) is 0.613. The number of carbonyl (C=O) groups excluding carboxylic acids is 1. The Bertz CT molecular complexity index is 528. The van der Waals surface area contributed by atoms with Crippen LogP contribution >= 0.6 is 11.6 Å². The molecule has 0 saturated carbocycles. The molecule has 0 radical (unpaired) electrons. The van der Waals surface area contributed by atoms with Crippen LogP contribution in [-0.4, -0.2) is 6.41 Å². The average molecular weight is 248 g/mol. The Morgan fingerprint density at radius 1 is 1.12 bits per heavy atom. The number of ether oxygens (including phenoxy) is 1. The highest BCUT2D eigenvalue weighted by Gasteiger charge is 2.03. The van der Waals surface area contributed by atoms with Crippen molar-refractivity contribution in [2.45, 2.75) is 0 Å². The molecule has 0 atom stereocenters. The first-order valence-electron chi connectivity index (χ1n) is 5.02. The van der Waals surface area contributed by atoms with Gasteiger partial charge in [-0.05, 0) is 30.3 Å². The van der Waals surface area contributed by atoms with E-state index in [0.29, 0.717) is 28.6 Å². The zero-order valence-corrected chi connectivity index (χ0v) is 9.65. The lowest BCUT2D eigenvalue weighted by molar-refractivity contribution is -0.105. The van der Waals surface area contributed by atoms with E-state index in [0.717, 1.165) is 0 Å². The Kier molecular flexibility index (Phi) is 3.62. The van der Waals surface area contributed by atoms with Crippen LogP contribution in [0.4, 0.5) is 5.69 Å². The number of para-hydroxylation sites is 2. The van der Waals surface area contributed by atoms with Crippen molar-refractivity contribution in [2.75, 3.05) is 5.32 Å². The average Bonchev–Trinajstić information content (AvgIpc) is 2.32. The number of hydrogen-bond donors (Lipinski definition) is 1. The van der Waals surface area contributed by atoms with Crippen molar-refractivity contribution in [1.82, 2.24) is 0 Å². The summed E-state index contributed by atoms with van der Waals surface area (Å²) in [6.45, 7) is 0. The second kappa shape index (κ2) is 5.37. The maximum atomic E-state index is 10.4. The highest BCUT2D eigenvalue weighted by Crippen LogP contribution is 2.29. The fraction of sp³-hybridized carbons (Fsp3) is 0. The van der Waals surface area contributed by atoms with Crippen molar-refractivity contribution in [1.29, 1.82) is 0 Å². The SMILES string of the molecule is O=CNc1ccccc1Oc1cccc(Cl)c1. The Morgan fingerprint density at radius 3 is 2.71 bits per heavy atom. The summed E-state index contributed by atoms with van der Waals surface area (Å²) in [5, 5.41) is 3.17. The van der Waals surface area contributed by atoms with Crippen LogP contribution in [0.3, 0.4) is 0 Å². The molecule has 17 heavy (non-hydrogen) atoms. The fourth-order valence-corrected chi connectivity index (χ4v) is 1.58. The predicted molar refractivity (Wildman–Crippen MR) is 67.7 cm³/mol. The molecule has 0 aromatic heterocycles. The van der Waals surface area contributed by atoms with Gasteiger partial charge in [-0.25, -0.2) is 0 Å². The summed E-state index contributed by atoms with van der Waals surface area (Å²) in [6.07, 6.45) is 0.611. The van der Waals surface area contributed by atoms with E-state index in [4.69, 9.17) is 16.3 Å². The van der Waals surface area contributed by atoms with Gasteiger partial charge in [0.25, 0.3) is 0 Å². The van der Waals surface area contributed by atoms with E-state index in [2.05, 4.69) is 5.32 Å². The van der Waals surface area contributed by atoms with Crippen LogP contribution in [0.15, 0.2) is 48.5 Å². The van der Waals surface area contributed by atoms with E-state index in [1.807, 2.05) is 12.1 Å². The van der Waals surface area contributed by atoms with Crippen molar-refractivity contribution in [3.63, 3.8) is 0 Å². The monoisotopic (exact) mass is 247 g/mol. The molecule has 86 valence electrons. The Hall–Kier alpha value is -2.00. The second-order valence-electron chi connectivity index (χ2n) is 3.32. The van der Waals surface area contributed by atoms with Crippen molar-refractivity contribution in [2.24, 2.45) is 0 Å². The number of hydrogen-bond acceptors (Lipinski definition) is 2. The highest BCUT2D eigenvalue weighted by molar-refractivity contribution is 6.30. The summed E-state index contributed by atoms with van der Waals surface area (Å²) in [5.74, 6) is 1.19. The summed E-state index contributed by atoms with van der Waals surface area (Å²) >= 11 is 5.86. The molecule has 4 heteroatoms. The molecule has 0 aliphatic carbocycles. The van der Waals surface area contributed by atoms with E-state index in [9.17, 15) is 4.79 Å². The van der Waals surface area contributed by atoms with Crippen LogP contribution in [0.1, 0.15) is 0 Å². The Morgan fingerprint density at radius 2 is 1.94 bits per heavy atom. The van der Waals surface area contributed by atoms with Gasteiger partial charge in [-0.1, -0.05) is 29.8 Å². The van der Waals surface area contributed by atoms with Gasteiger partial charge in [0.1, 0.15) is 5.75 Å². The van der Waals surface area contributed by atoms with Crippen LogP contribution in [0.5, 0.6) is 11.5 Å². The quantitative estimate of drug-likeness (QED) is 0.837. The largest absolute Gasteiger partial charge is 0.455 e. The summed E-state index contributed by atoms with van der Waals surface area (Å²) in [6, 6.07) is 14.2. The van der Waals surface area contributed by atoms with Gasteiger partial charge in [-0.3, -0.25) is 4.79 Å². The number of rotatable bonds is 4. The van der Waals surface area contributed by atoms with Crippen LogP contribution in [-0.2, 0) is 4.79 Å². The third kappa shape index (κ3) is 2.98. The molecule has 3 nitrogen and oxygen atoms in total. The molecule has 0 spiro atoms. The smallest absolute Gasteiger partial charge is 0.211 e. The molecule has 0 unspecified atom stereocenters. The van der Waals surface area contributed by atoms with Gasteiger partial charge in [0, 0.05) is 5.02 Å². The van der Waals surface area contributed by atoms with Crippen LogP contribution in [0.2, 0.25) is 5.02 Å². The van der Waals surface area contributed by atoms with E-state index < -0.39 is 0 Å². The molecule has 1 amide bonds. The lowest BCUT2D eigenvalue weighted by Gasteiger charge is -2.09. The first-order chi connectivity index (χ1) is 8.29. The molecule has 0 fully saturated rings. The molecule has 0 saturated heterocycles. The minimum atomic E-state index is 0.571. The highest BCUT2D eigenvalue weighted by atomic mass is 35.5. The molecule has 0 bridgehead atoms. The van der Waals surface area contributed by atoms with Gasteiger partial charge < -0.3 is 10.1 Å². The van der Waals surface area contributed by atoms with E-state index in [1.54, 1.807) is 36.4 Å². The van der Waals surface area contributed by atoms with Gasteiger partial charge >= 0.3 is 0 Å². The van der Waals surface area contributed by atoms with Crippen molar-refractivity contribution < 1.29 is 9.53 Å². The molecule has 2 aromatic carbocycles. The standard InChI is InChI=1S/C13H10ClNO2/c14-10-4-3-5-11(8-10)17-13-7-2-1-6-12(13)15-9-16/h1-9H,(H,15,16). The third-order valence-corrected chi connectivity index (χ3v) is 2.36. The fourth-order valence-electron chi connectivity index (χ4n) is 1.40. The van der Waals surface area contributed by atoms with Crippen molar-refractivity contribution in [3.8, 4) is 11.5 Å². The van der Waals surface area contributed by atoms with Crippen LogP contribution < -0.4 is 10.1 Å². The number of halogens is 1. The lowest BCUT2D eigenvalue weighted by atomic mass is 10.3. The number of nitrogens with one attached hydrogen (secondary N) is 1. The third-order valence-electron chi connectivity index (χ3n) is 2.13. The topological polar surface area (TPSA) is 38.3 Å². The maximum absolute atomic E-state index is 10.4. The summed E-state index contributed by atoms with van der Waals surface area (Å²) in [4.78, 5) is 10.4. The zero-order valence-electron chi connectivity index (χ0n) is 8.89. The van der Waals surface area contributed by atoms with E-state index in [1.165, 1.54) is 0 Å². The Balaban J connectivity index is 2.26. The molecule has 1 N–H and O–H groups in total. The molecule has 0 heterocycles. The minimum Gasteiger partial charge on any atom is -0.455 e. The number of amides is 1. The number of anilines is 1. The van der Waals surface area contributed by atoms with Crippen molar-refractivity contribution in [3.05, 3.63) is 53.6 Å². The van der Waals surface area contributed by atoms with Gasteiger partial charge in [-0.15, -0.1) is 0 Å². The summed E-state index contributed by atoms with van der Waals surface area (Å²) in [7, 11) is 0. The van der Waals surface area contributed by atoms with Crippen LogP contribution in [0.25, 0.3) is 0 Å². The first kappa shape index (κ1) is 11.5. The minimum absolute atomic E-state index is 0.571. The molecule has 2 aromatic rings. The van der Waals surface area contributed by atoms with E-state index in [-0.39, 0.29) is 0 Å². The molecule has 2 rings (SSSR count). The normalized spacial score (nSPS) is 9.71. The molecular weight excluding hydrogens is 238 g/mol. The van der Waals surface area contributed by atoms with Crippen molar-refractivity contribution >= 4 is 23.7 Å². The number of carbonyl (C=O) groups is 1. The van der Waals surface area contributed by atoms with Gasteiger partial charge in [0.15, 0.2) is 5.75 Å². The second-order valence-corrected chi connectivity index (χ2v) is 3.75. The predicted octanol–water partition coefficient (Wildman–Crippen LogP) is 3.70. The molecular formula is C13H10ClNO2. The van der Waals surface area contributed by atoms with Gasteiger partial charge in [0.2, 0.25) is 6.41 Å². The molecule has 0 aliphatic heterocycles. The zero-order chi connectivity index (χ0) is 12.1. The van der Waals surface area contributed by atoms with Gasteiger partial charge in [0.05, 0.1) is 5.69 Å². The maximum Gasteiger partial charge on any atom is 0.211 e. The summed E-state index contributed by atoms with van der Waals surface area (Å²) < 4.78 is 5.64. The van der Waals surface area contributed by atoms with Crippen LogP contribution in [0, 0.1) is 0 Å². The Labute approximate surface area is 104 Å². The first-order valence-corrected chi connectivity index (χ1v) is 5.40. The van der Waals surface area contributed by atoms with Gasteiger partial charge in [-0.2, -0.15) is 0 Å². The lowest BCUT2D eigenvalue weighted by Crippen LogP contribution is -1.96. The number of benzene rings is 2. The van der Waals surface area contributed by atoms with E-state index >= 15 is 0 Å². The molecule has 0 aliphatic rings.